The summed E-state index contributed by atoms with van der Waals surface area (Å²) in [6.45, 7) is 19.6. The fraction of sp³-hybridized carbons (Fsp3) is 0.526. The zero-order valence-electron chi connectivity index (χ0n) is 16.5. The van der Waals surface area contributed by atoms with Crippen LogP contribution in [0.2, 0.25) is 39.3 Å². The lowest BCUT2D eigenvalue weighted by molar-refractivity contribution is 0.206. The molecule has 0 radical (unpaired) electrons. The normalized spacial score (nSPS) is 12.7. The van der Waals surface area contributed by atoms with Gasteiger partial charge in [0.05, 0.1) is 21.7 Å². The van der Waals surface area contributed by atoms with Crippen LogP contribution in [-0.2, 0) is 0 Å². The van der Waals surface area contributed by atoms with E-state index in [0.29, 0.717) is 0 Å². The molecule has 2 aromatic rings. The van der Waals surface area contributed by atoms with E-state index in [9.17, 15) is 4.79 Å². The SMILES string of the molecule is CCN(CC)C(=O)n1c([Si](C)(C)C)cc2cccc([Si](C)(C)C)c21. The summed E-state index contributed by atoms with van der Waals surface area (Å²) in [5.41, 5.74) is 1.16. The largest absolute Gasteiger partial charge is 0.328 e. The van der Waals surface area contributed by atoms with E-state index in [1.54, 1.807) is 0 Å². The zero-order chi connectivity index (χ0) is 18.3. The van der Waals surface area contributed by atoms with Crippen molar-refractivity contribution in [2.45, 2.75) is 53.1 Å². The third kappa shape index (κ3) is 3.37. The Morgan fingerprint density at radius 3 is 2.04 bits per heavy atom. The molecule has 0 N–H and O–H groups in total. The molecule has 1 heterocycles. The van der Waals surface area contributed by atoms with Crippen molar-refractivity contribution in [1.82, 2.24) is 9.47 Å². The standard InChI is InChI=1S/C19H32N2OSi2/c1-9-20(10-2)19(22)21-17(24(6,7)8)14-15-12-11-13-16(18(15)21)23(3,4)5/h11-14H,9-10H2,1-8H3. The maximum absolute atomic E-state index is 13.4. The molecule has 132 valence electrons. The van der Waals surface area contributed by atoms with E-state index in [1.807, 2.05) is 4.90 Å². The van der Waals surface area contributed by atoms with Crippen LogP contribution in [0.4, 0.5) is 4.79 Å². The lowest BCUT2D eigenvalue weighted by Gasteiger charge is -2.27. The summed E-state index contributed by atoms with van der Waals surface area (Å²) < 4.78 is 2.06. The summed E-state index contributed by atoms with van der Waals surface area (Å²) >= 11 is 0. The number of benzene rings is 1. The van der Waals surface area contributed by atoms with Crippen LogP contribution >= 0.6 is 0 Å². The number of nitrogens with zero attached hydrogens (tertiary/aromatic N) is 2. The number of aromatic nitrogens is 1. The molecule has 0 aliphatic rings. The highest BCUT2D eigenvalue weighted by Crippen LogP contribution is 2.20. The average molecular weight is 361 g/mol. The molecule has 24 heavy (non-hydrogen) atoms. The average Bonchev–Trinajstić information content (AvgIpc) is 2.86. The number of fused-ring (bicyclic) bond motifs is 1. The Labute approximate surface area is 148 Å². The number of carbonyl (C=O) groups excluding carboxylic acids is 1. The van der Waals surface area contributed by atoms with Gasteiger partial charge in [0.25, 0.3) is 0 Å². The summed E-state index contributed by atoms with van der Waals surface area (Å²) in [6.07, 6.45) is 0. The molecule has 2 rings (SSSR count). The van der Waals surface area contributed by atoms with Crippen LogP contribution in [0.25, 0.3) is 10.9 Å². The van der Waals surface area contributed by atoms with Gasteiger partial charge < -0.3 is 4.90 Å². The van der Waals surface area contributed by atoms with E-state index >= 15 is 0 Å². The highest BCUT2D eigenvalue weighted by Gasteiger charge is 2.30. The highest BCUT2D eigenvalue weighted by molar-refractivity contribution is 6.91. The molecular weight excluding hydrogens is 328 g/mol. The number of hydrogen-bond acceptors (Lipinski definition) is 1. The fourth-order valence-corrected chi connectivity index (χ4v) is 6.28. The van der Waals surface area contributed by atoms with E-state index in [0.717, 1.165) is 18.6 Å². The van der Waals surface area contributed by atoms with Crippen LogP contribution in [0, 0.1) is 0 Å². The fourth-order valence-electron chi connectivity index (χ4n) is 3.25. The summed E-state index contributed by atoms with van der Waals surface area (Å²) in [4.78, 5) is 15.3. The van der Waals surface area contributed by atoms with E-state index < -0.39 is 16.1 Å². The van der Waals surface area contributed by atoms with Gasteiger partial charge in [-0.05, 0) is 30.5 Å². The molecule has 3 nitrogen and oxygen atoms in total. The van der Waals surface area contributed by atoms with Crippen LogP contribution in [0.3, 0.4) is 0 Å². The molecule has 0 atom stereocenters. The van der Waals surface area contributed by atoms with E-state index in [-0.39, 0.29) is 6.03 Å². The molecule has 5 heteroatoms. The van der Waals surface area contributed by atoms with Crippen LogP contribution in [0.5, 0.6) is 0 Å². The first kappa shape index (κ1) is 19.0. The van der Waals surface area contributed by atoms with Crippen LogP contribution < -0.4 is 10.5 Å². The maximum atomic E-state index is 13.4. The Balaban J connectivity index is 2.89. The van der Waals surface area contributed by atoms with Gasteiger partial charge in [0.2, 0.25) is 0 Å². The van der Waals surface area contributed by atoms with Crippen LogP contribution in [0.15, 0.2) is 24.3 Å². The molecule has 0 unspecified atom stereocenters. The molecule has 0 saturated heterocycles. The van der Waals surface area contributed by atoms with Crippen molar-refractivity contribution >= 4 is 43.6 Å². The monoisotopic (exact) mass is 360 g/mol. The first-order valence-corrected chi connectivity index (χ1v) is 16.0. The minimum absolute atomic E-state index is 0.137. The van der Waals surface area contributed by atoms with Gasteiger partial charge in [-0.25, -0.2) is 4.79 Å². The molecule has 1 amide bonds. The summed E-state index contributed by atoms with van der Waals surface area (Å²) in [5, 5.41) is 3.83. The van der Waals surface area contributed by atoms with Crippen molar-refractivity contribution < 1.29 is 4.79 Å². The number of rotatable bonds is 4. The molecule has 0 aliphatic carbocycles. The predicted molar refractivity (Wildman–Crippen MR) is 112 cm³/mol. The number of amides is 1. The van der Waals surface area contributed by atoms with Crippen molar-refractivity contribution in [3.05, 3.63) is 24.3 Å². The molecule has 0 spiro atoms. The lowest BCUT2D eigenvalue weighted by Crippen LogP contribution is -2.49. The smallest absolute Gasteiger partial charge is 0.325 e. The Kier molecular flexibility index (Phi) is 5.16. The topological polar surface area (TPSA) is 25.2 Å². The van der Waals surface area contributed by atoms with Gasteiger partial charge in [-0.15, -0.1) is 0 Å². The second-order valence-corrected chi connectivity index (χ2v) is 18.6. The van der Waals surface area contributed by atoms with Crippen molar-refractivity contribution in [3.8, 4) is 0 Å². The number of carbonyl (C=O) groups is 1. The van der Waals surface area contributed by atoms with Crippen LogP contribution in [0.1, 0.15) is 13.8 Å². The van der Waals surface area contributed by atoms with Crippen molar-refractivity contribution in [3.63, 3.8) is 0 Å². The quantitative estimate of drug-likeness (QED) is 0.755. The second kappa shape index (κ2) is 6.52. The molecule has 1 aromatic carbocycles. The van der Waals surface area contributed by atoms with Gasteiger partial charge in [-0.1, -0.05) is 57.5 Å². The maximum Gasteiger partial charge on any atom is 0.328 e. The molecule has 0 bridgehead atoms. The Morgan fingerprint density at radius 1 is 1.00 bits per heavy atom. The van der Waals surface area contributed by atoms with E-state index in [1.165, 1.54) is 15.9 Å². The van der Waals surface area contributed by atoms with Gasteiger partial charge >= 0.3 is 6.03 Å². The lowest BCUT2D eigenvalue weighted by atomic mass is 10.2. The molecule has 0 aliphatic heterocycles. The first-order valence-electron chi connectivity index (χ1n) is 8.97. The van der Waals surface area contributed by atoms with Crippen molar-refractivity contribution in [2.24, 2.45) is 0 Å². The third-order valence-corrected chi connectivity index (χ3v) is 8.55. The van der Waals surface area contributed by atoms with Crippen LogP contribution in [-0.4, -0.2) is 44.7 Å². The third-order valence-electron chi connectivity index (χ3n) is 4.63. The van der Waals surface area contributed by atoms with Gasteiger partial charge in [-0.2, -0.15) is 0 Å². The Bertz CT molecular complexity index is 747. The number of para-hydroxylation sites is 1. The molecular formula is C19H32N2OSi2. The molecule has 0 saturated carbocycles. The van der Waals surface area contributed by atoms with E-state index in [2.05, 4.69) is 82.0 Å². The van der Waals surface area contributed by atoms with E-state index in [4.69, 9.17) is 0 Å². The van der Waals surface area contributed by atoms with Gasteiger partial charge in [0.15, 0.2) is 0 Å². The summed E-state index contributed by atoms with van der Waals surface area (Å²) in [6, 6.07) is 8.95. The minimum Gasteiger partial charge on any atom is -0.325 e. The van der Waals surface area contributed by atoms with Gasteiger partial charge in [-0.3, -0.25) is 4.57 Å². The van der Waals surface area contributed by atoms with Gasteiger partial charge in [0.1, 0.15) is 0 Å². The minimum atomic E-state index is -1.65. The van der Waals surface area contributed by atoms with Crippen molar-refractivity contribution in [1.29, 1.82) is 0 Å². The Morgan fingerprint density at radius 2 is 1.58 bits per heavy atom. The molecule has 0 fully saturated rings. The highest BCUT2D eigenvalue weighted by atomic mass is 28.3. The molecule has 1 aromatic heterocycles. The first-order chi connectivity index (χ1) is 11.0. The second-order valence-electron chi connectivity index (χ2n) is 8.56. The summed E-state index contributed by atoms with van der Waals surface area (Å²) in [5.74, 6) is 0. The Hall–Kier alpha value is -1.34. The number of hydrogen-bond donors (Lipinski definition) is 0. The predicted octanol–water partition coefficient (Wildman–Crippen LogP) is 4.04. The van der Waals surface area contributed by atoms with Crippen molar-refractivity contribution in [2.75, 3.05) is 13.1 Å². The van der Waals surface area contributed by atoms with Gasteiger partial charge in [0, 0.05) is 18.4 Å². The zero-order valence-corrected chi connectivity index (χ0v) is 18.5. The summed E-state index contributed by atoms with van der Waals surface area (Å²) in [7, 11) is -3.20.